The summed E-state index contributed by atoms with van der Waals surface area (Å²) >= 11 is 0. The van der Waals surface area contributed by atoms with Gasteiger partial charge in [0.1, 0.15) is 0 Å². The van der Waals surface area contributed by atoms with Crippen LogP contribution in [0.25, 0.3) is 0 Å². The van der Waals surface area contributed by atoms with Crippen molar-refractivity contribution >= 4 is 23.3 Å². The summed E-state index contributed by atoms with van der Waals surface area (Å²) in [4.78, 5) is 35.6. The van der Waals surface area contributed by atoms with E-state index < -0.39 is 18.5 Å². The van der Waals surface area contributed by atoms with Crippen molar-refractivity contribution in [2.75, 3.05) is 25.1 Å². The Hall–Kier alpha value is -3.35. The first-order chi connectivity index (χ1) is 13.4. The van der Waals surface area contributed by atoms with E-state index in [1.54, 1.807) is 36.4 Å². The quantitative estimate of drug-likeness (QED) is 0.525. The van der Waals surface area contributed by atoms with Gasteiger partial charge in [-0.25, -0.2) is 4.79 Å². The molecule has 1 amide bonds. The lowest BCUT2D eigenvalue weighted by molar-refractivity contribution is -0.119. The van der Waals surface area contributed by atoms with E-state index in [1.165, 1.54) is 13.0 Å². The Morgan fingerprint density at radius 2 is 1.61 bits per heavy atom. The predicted molar refractivity (Wildman–Crippen MR) is 104 cm³/mol. The number of amides is 1. The van der Waals surface area contributed by atoms with Crippen molar-refractivity contribution < 1.29 is 28.6 Å². The molecule has 0 aliphatic heterocycles. The summed E-state index contributed by atoms with van der Waals surface area (Å²) in [5.41, 5.74) is 1.18. The number of Topliss-reactive ketones (excluding diaryl/α,β-unsaturated/α-hetero) is 1. The van der Waals surface area contributed by atoms with Crippen LogP contribution in [-0.2, 0) is 9.53 Å². The molecule has 7 nitrogen and oxygen atoms in total. The number of ether oxygens (including phenoxy) is 3. The lowest BCUT2D eigenvalue weighted by Gasteiger charge is -2.12. The first-order valence-corrected chi connectivity index (χ1v) is 8.92. The average Bonchev–Trinajstić information content (AvgIpc) is 2.68. The van der Waals surface area contributed by atoms with Crippen LogP contribution in [0.4, 0.5) is 5.69 Å². The second-order valence-corrected chi connectivity index (χ2v) is 5.79. The molecule has 0 heterocycles. The molecule has 0 fully saturated rings. The van der Waals surface area contributed by atoms with Crippen LogP contribution in [0, 0.1) is 0 Å². The summed E-state index contributed by atoms with van der Waals surface area (Å²) in [5, 5.41) is 2.59. The van der Waals surface area contributed by atoms with Crippen LogP contribution in [0.1, 0.15) is 41.5 Å². The van der Waals surface area contributed by atoms with E-state index >= 15 is 0 Å². The van der Waals surface area contributed by atoms with Gasteiger partial charge >= 0.3 is 5.97 Å². The molecular formula is C21H23NO6. The van der Waals surface area contributed by atoms with Crippen molar-refractivity contribution in [3.63, 3.8) is 0 Å². The van der Waals surface area contributed by atoms with Crippen LogP contribution in [0.15, 0.2) is 42.5 Å². The maximum Gasteiger partial charge on any atom is 0.338 e. The topological polar surface area (TPSA) is 90.9 Å². The standard InChI is InChI=1S/C21H23NO6/c1-4-26-18-10-9-16(12-19(18)27-5-2)21(25)28-13-20(24)22-17-8-6-7-15(11-17)14(3)23/h6-12H,4-5,13H2,1-3H3,(H,22,24). The molecule has 0 bridgehead atoms. The van der Waals surface area contributed by atoms with Gasteiger partial charge in [0.25, 0.3) is 5.91 Å². The fraction of sp³-hybridized carbons (Fsp3) is 0.286. The van der Waals surface area contributed by atoms with Crippen LogP contribution in [0.3, 0.4) is 0 Å². The molecule has 148 valence electrons. The second-order valence-electron chi connectivity index (χ2n) is 5.79. The number of carbonyl (C=O) groups is 3. The first kappa shape index (κ1) is 21.0. The molecule has 2 aromatic rings. The zero-order valence-corrected chi connectivity index (χ0v) is 16.1. The Morgan fingerprint density at radius 1 is 0.893 bits per heavy atom. The van der Waals surface area contributed by atoms with Gasteiger partial charge < -0.3 is 19.5 Å². The molecule has 28 heavy (non-hydrogen) atoms. The number of anilines is 1. The third-order valence-electron chi connectivity index (χ3n) is 3.67. The summed E-state index contributed by atoms with van der Waals surface area (Å²) in [7, 11) is 0. The van der Waals surface area contributed by atoms with Gasteiger partial charge in [-0.05, 0) is 51.1 Å². The van der Waals surface area contributed by atoms with Crippen LogP contribution in [0.5, 0.6) is 11.5 Å². The van der Waals surface area contributed by atoms with E-state index in [9.17, 15) is 14.4 Å². The molecule has 0 radical (unpaired) electrons. The molecule has 2 rings (SSSR count). The number of esters is 1. The minimum Gasteiger partial charge on any atom is -0.490 e. The number of benzene rings is 2. The number of carbonyl (C=O) groups excluding carboxylic acids is 3. The molecule has 0 saturated heterocycles. The van der Waals surface area contributed by atoms with E-state index in [0.29, 0.717) is 36.0 Å². The highest BCUT2D eigenvalue weighted by molar-refractivity contribution is 5.98. The summed E-state index contributed by atoms with van der Waals surface area (Å²) in [5.74, 6) is -0.307. The molecular weight excluding hydrogens is 362 g/mol. The van der Waals surface area contributed by atoms with Crippen LogP contribution in [0.2, 0.25) is 0 Å². The van der Waals surface area contributed by atoms with E-state index in [0.717, 1.165) is 0 Å². The maximum atomic E-state index is 12.2. The van der Waals surface area contributed by atoms with Gasteiger partial charge in [0.05, 0.1) is 18.8 Å². The molecule has 0 saturated carbocycles. The Balaban J connectivity index is 1.97. The molecule has 2 aromatic carbocycles. The van der Waals surface area contributed by atoms with Crippen LogP contribution < -0.4 is 14.8 Å². The Morgan fingerprint density at radius 3 is 2.29 bits per heavy atom. The monoisotopic (exact) mass is 385 g/mol. The zero-order valence-electron chi connectivity index (χ0n) is 16.1. The van der Waals surface area contributed by atoms with Crippen molar-refractivity contribution in [3.05, 3.63) is 53.6 Å². The zero-order chi connectivity index (χ0) is 20.5. The average molecular weight is 385 g/mol. The third kappa shape index (κ3) is 5.84. The van der Waals surface area contributed by atoms with Crippen molar-refractivity contribution in [1.29, 1.82) is 0 Å². The highest BCUT2D eigenvalue weighted by Gasteiger charge is 2.14. The molecule has 0 spiro atoms. The summed E-state index contributed by atoms with van der Waals surface area (Å²) in [6, 6.07) is 11.2. The molecule has 7 heteroatoms. The van der Waals surface area contributed by atoms with E-state index in [-0.39, 0.29) is 11.3 Å². The van der Waals surface area contributed by atoms with Crippen molar-refractivity contribution in [2.45, 2.75) is 20.8 Å². The molecule has 0 unspecified atom stereocenters. The normalized spacial score (nSPS) is 10.1. The molecule has 0 aliphatic rings. The predicted octanol–water partition coefficient (Wildman–Crippen LogP) is 3.48. The molecule has 0 atom stereocenters. The lowest BCUT2D eigenvalue weighted by atomic mass is 10.1. The van der Waals surface area contributed by atoms with Gasteiger partial charge in [0.15, 0.2) is 23.9 Å². The van der Waals surface area contributed by atoms with Crippen molar-refractivity contribution in [2.24, 2.45) is 0 Å². The third-order valence-corrected chi connectivity index (χ3v) is 3.67. The van der Waals surface area contributed by atoms with Gasteiger partial charge in [-0.15, -0.1) is 0 Å². The smallest absolute Gasteiger partial charge is 0.338 e. The second kappa shape index (κ2) is 10.1. The summed E-state index contributed by atoms with van der Waals surface area (Å²) in [6.45, 7) is 5.54. The Labute approximate surface area is 163 Å². The number of hydrogen-bond acceptors (Lipinski definition) is 6. The highest BCUT2D eigenvalue weighted by Crippen LogP contribution is 2.28. The van der Waals surface area contributed by atoms with E-state index in [4.69, 9.17) is 14.2 Å². The SMILES string of the molecule is CCOc1ccc(C(=O)OCC(=O)Nc2cccc(C(C)=O)c2)cc1OCC. The van der Waals surface area contributed by atoms with Gasteiger partial charge in [-0.3, -0.25) is 9.59 Å². The largest absolute Gasteiger partial charge is 0.490 e. The van der Waals surface area contributed by atoms with Gasteiger partial charge in [-0.2, -0.15) is 0 Å². The maximum absolute atomic E-state index is 12.2. The Bertz CT molecular complexity index is 862. The van der Waals surface area contributed by atoms with E-state index in [1.807, 2.05) is 13.8 Å². The van der Waals surface area contributed by atoms with Gasteiger partial charge in [0.2, 0.25) is 0 Å². The van der Waals surface area contributed by atoms with Crippen molar-refractivity contribution in [3.8, 4) is 11.5 Å². The molecule has 0 aliphatic carbocycles. The highest BCUT2D eigenvalue weighted by atomic mass is 16.5. The van der Waals surface area contributed by atoms with Gasteiger partial charge in [0, 0.05) is 11.3 Å². The number of nitrogens with one attached hydrogen (secondary N) is 1. The van der Waals surface area contributed by atoms with Crippen LogP contribution >= 0.6 is 0 Å². The van der Waals surface area contributed by atoms with Crippen LogP contribution in [-0.4, -0.2) is 37.5 Å². The first-order valence-electron chi connectivity index (χ1n) is 8.92. The molecule has 0 aromatic heterocycles. The van der Waals surface area contributed by atoms with Gasteiger partial charge in [-0.1, -0.05) is 12.1 Å². The lowest BCUT2D eigenvalue weighted by Crippen LogP contribution is -2.21. The number of hydrogen-bond donors (Lipinski definition) is 1. The summed E-state index contributed by atoms with van der Waals surface area (Å²) in [6.07, 6.45) is 0. The fourth-order valence-corrected chi connectivity index (χ4v) is 2.41. The van der Waals surface area contributed by atoms with E-state index in [2.05, 4.69) is 5.32 Å². The van der Waals surface area contributed by atoms with Crippen molar-refractivity contribution in [1.82, 2.24) is 0 Å². The number of rotatable bonds is 9. The summed E-state index contributed by atoms with van der Waals surface area (Å²) < 4.78 is 16.0. The molecule has 1 N–H and O–H groups in total. The Kier molecular flexibility index (Phi) is 7.56. The minimum atomic E-state index is -0.656. The number of ketones is 1. The minimum absolute atomic E-state index is 0.108. The fourth-order valence-electron chi connectivity index (χ4n) is 2.41.